The van der Waals surface area contributed by atoms with Crippen LogP contribution in [0.4, 0.5) is 0 Å². The molecule has 0 aromatic heterocycles. The Hall–Kier alpha value is 0.180. The van der Waals surface area contributed by atoms with E-state index in [4.69, 9.17) is 0 Å². The molecule has 122 valence electrons. The van der Waals surface area contributed by atoms with Crippen molar-refractivity contribution >= 4 is 92.2 Å². The smallest absolute Gasteiger partial charge is 0.138 e. The standard InChI is InChI=1S/C8H5Br3O.C8H6Br2O/c9-5-2-1-3-6(10)8(5)7(11)4-12;9-7-2-1-3-8(10)6(7)4-5-11/h1-4,7H;1-3,5H,4H2. The van der Waals surface area contributed by atoms with Gasteiger partial charge in [-0.25, -0.2) is 0 Å². The highest BCUT2D eigenvalue weighted by atomic mass is 79.9. The molecule has 2 nitrogen and oxygen atoms in total. The Kier molecular flexibility index (Phi) is 10.1. The third-order valence-electron chi connectivity index (χ3n) is 2.74. The number of hydrogen-bond donors (Lipinski definition) is 0. The van der Waals surface area contributed by atoms with Gasteiger partial charge in [-0.2, -0.15) is 0 Å². The second-order valence-corrected chi connectivity index (χ2v) is 8.65. The van der Waals surface area contributed by atoms with E-state index in [9.17, 15) is 9.59 Å². The van der Waals surface area contributed by atoms with Crippen LogP contribution in [0.1, 0.15) is 16.0 Å². The average Bonchev–Trinajstić information content (AvgIpc) is 2.51. The molecule has 0 aliphatic carbocycles. The molecule has 2 aromatic carbocycles. The molecule has 2 aromatic rings. The van der Waals surface area contributed by atoms with E-state index in [0.29, 0.717) is 6.42 Å². The van der Waals surface area contributed by atoms with Crippen molar-refractivity contribution in [2.45, 2.75) is 11.2 Å². The van der Waals surface area contributed by atoms with Gasteiger partial charge in [-0.1, -0.05) is 91.8 Å². The Morgan fingerprint density at radius 1 is 0.826 bits per heavy atom. The minimum absolute atomic E-state index is 0.262. The maximum Gasteiger partial charge on any atom is 0.138 e. The molecule has 0 heterocycles. The molecule has 0 radical (unpaired) electrons. The second-order valence-electron chi connectivity index (χ2n) is 4.24. The van der Waals surface area contributed by atoms with Crippen LogP contribution < -0.4 is 0 Å². The molecule has 0 saturated heterocycles. The summed E-state index contributed by atoms with van der Waals surface area (Å²) in [5, 5.41) is 0. The van der Waals surface area contributed by atoms with E-state index in [1.807, 2.05) is 36.4 Å². The molecule has 0 bridgehead atoms. The number of benzene rings is 2. The molecule has 1 unspecified atom stereocenters. The summed E-state index contributed by atoms with van der Waals surface area (Å²) in [6.07, 6.45) is 2.19. The van der Waals surface area contributed by atoms with Crippen molar-refractivity contribution in [2.75, 3.05) is 0 Å². The van der Waals surface area contributed by atoms with Crippen molar-refractivity contribution in [1.29, 1.82) is 0 Å². The minimum Gasteiger partial charge on any atom is -0.303 e. The summed E-state index contributed by atoms with van der Waals surface area (Å²) in [5.74, 6) is 0. The van der Waals surface area contributed by atoms with Crippen LogP contribution in [0.2, 0.25) is 0 Å². The van der Waals surface area contributed by atoms with Gasteiger partial charge in [-0.3, -0.25) is 0 Å². The molecule has 0 aliphatic heterocycles. The fraction of sp³-hybridized carbons (Fsp3) is 0.125. The zero-order chi connectivity index (χ0) is 17.4. The van der Waals surface area contributed by atoms with Gasteiger partial charge >= 0.3 is 0 Å². The number of rotatable bonds is 4. The van der Waals surface area contributed by atoms with Crippen LogP contribution in [0.5, 0.6) is 0 Å². The van der Waals surface area contributed by atoms with Crippen LogP contribution in [0.25, 0.3) is 0 Å². The predicted molar refractivity (Wildman–Crippen MR) is 111 cm³/mol. The summed E-state index contributed by atoms with van der Waals surface area (Å²) >= 11 is 16.7. The van der Waals surface area contributed by atoms with E-state index in [1.165, 1.54) is 0 Å². The summed E-state index contributed by atoms with van der Waals surface area (Å²) < 4.78 is 3.79. The number of carbonyl (C=O) groups excluding carboxylic acids is 2. The Morgan fingerprint density at radius 2 is 1.26 bits per heavy atom. The molecular weight excluding hydrogens is 624 g/mol. The molecule has 23 heavy (non-hydrogen) atoms. The van der Waals surface area contributed by atoms with Crippen LogP contribution in [0.15, 0.2) is 54.3 Å². The van der Waals surface area contributed by atoms with Gasteiger partial charge < -0.3 is 9.59 Å². The summed E-state index contributed by atoms with van der Waals surface area (Å²) in [7, 11) is 0. The van der Waals surface area contributed by atoms with E-state index < -0.39 is 0 Å². The number of alkyl halides is 1. The zero-order valence-electron chi connectivity index (χ0n) is 11.6. The maximum atomic E-state index is 10.5. The van der Waals surface area contributed by atoms with Crippen molar-refractivity contribution in [2.24, 2.45) is 0 Å². The van der Waals surface area contributed by atoms with Gasteiger partial charge in [0.25, 0.3) is 0 Å². The SMILES string of the molecule is O=CC(Br)c1c(Br)cccc1Br.O=CCc1c(Br)cccc1Br. The Balaban J connectivity index is 0.000000231. The number of halogens is 5. The van der Waals surface area contributed by atoms with E-state index >= 15 is 0 Å². The highest BCUT2D eigenvalue weighted by Crippen LogP contribution is 2.34. The lowest BCUT2D eigenvalue weighted by Gasteiger charge is -2.07. The molecule has 2 rings (SSSR count). The van der Waals surface area contributed by atoms with E-state index in [2.05, 4.69) is 79.6 Å². The van der Waals surface area contributed by atoms with Gasteiger partial charge in [0.15, 0.2) is 0 Å². The van der Waals surface area contributed by atoms with Crippen molar-refractivity contribution in [3.8, 4) is 0 Å². The predicted octanol–water partition coefficient (Wildman–Crippen LogP) is 6.80. The van der Waals surface area contributed by atoms with Gasteiger partial charge in [0.05, 0.1) is 4.83 Å². The van der Waals surface area contributed by atoms with Gasteiger partial charge in [-0.15, -0.1) is 0 Å². The Morgan fingerprint density at radius 3 is 1.65 bits per heavy atom. The summed E-state index contributed by atoms with van der Waals surface area (Å²) in [5.41, 5.74) is 1.93. The van der Waals surface area contributed by atoms with Gasteiger partial charge in [0.1, 0.15) is 12.6 Å². The highest BCUT2D eigenvalue weighted by molar-refractivity contribution is 9.11. The van der Waals surface area contributed by atoms with E-state index in [1.54, 1.807) is 0 Å². The first kappa shape index (κ1) is 21.2. The van der Waals surface area contributed by atoms with Crippen molar-refractivity contribution in [3.63, 3.8) is 0 Å². The van der Waals surface area contributed by atoms with Gasteiger partial charge in [-0.05, 0) is 29.8 Å². The fourth-order valence-electron chi connectivity index (χ4n) is 1.65. The lowest BCUT2D eigenvalue weighted by molar-refractivity contribution is -0.108. The monoisotopic (exact) mass is 630 g/mol. The van der Waals surface area contributed by atoms with E-state index in [0.717, 1.165) is 41.6 Å². The molecule has 1 atom stereocenters. The first-order valence-corrected chi connectivity index (χ1v) is 10.4. The number of carbonyl (C=O) groups is 2. The normalized spacial score (nSPS) is 11.2. The topological polar surface area (TPSA) is 34.1 Å². The van der Waals surface area contributed by atoms with E-state index in [-0.39, 0.29) is 4.83 Å². The Labute approximate surface area is 177 Å². The maximum absolute atomic E-state index is 10.5. The van der Waals surface area contributed by atoms with Gasteiger partial charge in [0.2, 0.25) is 0 Å². The second kappa shape index (κ2) is 10.9. The molecule has 7 heteroatoms. The molecular formula is C16H11Br5O2. The Bertz CT molecular complexity index is 648. The lowest BCUT2D eigenvalue weighted by atomic mass is 10.2. The highest BCUT2D eigenvalue weighted by Gasteiger charge is 2.12. The zero-order valence-corrected chi connectivity index (χ0v) is 19.5. The molecule has 0 amide bonds. The fourth-order valence-corrected chi connectivity index (χ4v) is 5.57. The minimum atomic E-state index is -0.262. The molecule has 0 spiro atoms. The summed E-state index contributed by atoms with van der Waals surface area (Å²) in [6.45, 7) is 0. The summed E-state index contributed by atoms with van der Waals surface area (Å²) in [4.78, 5) is 20.5. The van der Waals surface area contributed by atoms with Crippen molar-refractivity contribution < 1.29 is 9.59 Å². The van der Waals surface area contributed by atoms with Crippen LogP contribution in [0.3, 0.4) is 0 Å². The third-order valence-corrected chi connectivity index (χ3v) is 6.29. The summed E-state index contributed by atoms with van der Waals surface area (Å²) in [6, 6.07) is 11.5. The molecule has 0 N–H and O–H groups in total. The van der Waals surface area contributed by atoms with Crippen LogP contribution in [-0.4, -0.2) is 12.6 Å². The molecule has 0 fully saturated rings. The number of aldehydes is 2. The van der Waals surface area contributed by atoms with Crippen molar-refractivity contribution in [3.05, 3.63) is 65.4 Å². The third kappa shape index (κ3) is 6.53. The molecule has 0 aliphatic rings. The van der Waals surface area contributed by atoms with Crippen molar-refractivity contribution in [1.82, 2.24) is 0 Å². The average molecular weight is 635 g/mol. The van der Waals surface area contributed by atoms with Crippen LogP contribution in [0, 0.1) is 0 Å². The van der Waals surface area contributed by atoms with Crippen LogP contribution >= 0.6 is 79.6 Å². The van der Waals surface area contributed by atoms with Gasteiger partial charge in [0, 0.05) is 29.9 Å². The van der Waals surface area contributed by atoms with Crippen LogP contribution in [-0.2, 0) is 16.0 Å². The lowest BCUT2D eigenvalue weighted by Crippen LogP contribution is -1.93. The number of hydrogen-bond acceptors (Lipinski definition) is 2. The largest absolute Gasteiger partial charge is 0.303 e. The first-order valence-electron chi connectivity index (χ1n) is 6.32. The quantitative estimate of drug-likeness (QED) is 0.274. The molecule has 0 saturated carbocycles. The first-order chi connectivity index (χ1) is 10.9.